The summed E-state index contributed by atoms with van der Waals surface area (Å²) in [4.78, 5) is 16.7. The lowest BCUT2D eigenvalue weighted by Gasteiger charge is -2.29. The number of thiazole rings is 1. The first-order valence-corrected chi connectivity index (χ1v) is 11.2. The van der Waals surface area contributed by atoms with Crippen molar-refractivity contribution in [3.8, 4) is 10.6 Å². The first kappa shape index (κ1) is 19.9. The molecule has 0 radical (unpaired) electrons. The van der Waals surface area contributed by atoms with Gasteiger partial charge in [-0.3, -0.25) is 4.79 Å². The fourth-order valence-electron chi connectivity index (χ4n) is 2.91. The van der Waals surface area contributed by atoms with Crippen LogP contribution in [0.15, 0.2) is 29.6 Å². The molecule has 0 saturated carbocycles. The second-order valence-electron chi connectivity index (χ2n) is 6.33. The Balaban J connectivity index is 1.51. The van der Waals surface area contributed by atoms with Crippen LogP contribution in [0.25, 0.3) is 10.6 Å². The molecule has 6 nitrogen and oxygen atoms in total. The molecule has 2 heterocycles. The van der Waals surface area contributed by atoms with Gasteiger partial charge in [-0.05, 0) is 44.0 Å². The third-order valence-corrected chi connectivity index (χ3v) is 7.37. The molecule has 1 aromatic carbocycles. The average Bonchev–Trinajstić information content (AvgIpc) is 3.16. The van der Waals surface area contributed by atoms with Crippen LogP contribution in [0, 0.1) is 11.7 Å². The summed E-state index contributed by atoms with van der Waals surface area (Å²) in [7, 11) is -3.20. The standard InChI is InChI=1S/C18H21FN2O4S2/c1-2-27(23,24)21-9-7-14(8-10-21)18(22)25-11-16-12-26-17(20-16)13-3-5-15(19)6-4-13/h3-6,12,14H,2,7-11H2,1H3. The fraction of sp³-hybridized carbons (Fsp3) is 0.444. The molecule has 0 N–H and O–H groups in total. The highest BCUT2D eigenvalue weighted by Gasteiger charge is 2.31. The van der Waals surface area contributed by atoms with Crippen LogP contribution in [0.1, 0.15) is 25.5 Å². The Bertz CT molecular complexity index is 888. The Morgan fingerprint density at radius 2 is 1.96 bits per heavy atom. The van der Waals surface area contributed by atoms with Crippen molar-refractivity contribution >= 4 is 27.3 Å². The molecule has 0 bridgehead atoms. The van der Waals surface area contributed by atoms with Gasteiger partial charge in [-0.2, -0.15) is 0 Å². The maximum atomic E-state index is 13.0. The van der Waals surface area contributed by atoms with Crippen LogP contribution in [0.3, 0.4) is 0 Å². The molecular formula is C18H21FN2O4S2. The van der Waals surface area contributed by atoms with Gasteiger partial charge in [0.25, 0.3) is 0 Å². The van der Waals surface area contributed by atoms with Crippen LogP contribution in [0.4, 0.5) is 4.39 Å². The first-order valence-electron chi connectivity index (χ1n) is 8.74. The molecular weight excluding hydrogens is 391 g/mol. The normalized spacial score (nSPS) is 16.4. The summed E-state index contributed by atoms with van der Waals surface area (Å²) in [5.41, 5.74) is 1.45. The van der Waals surface area contributed by atoms with Gasteiger partial charge in [0.15, 0.2) is 0 Å². The molecule has 0 spiro atoms. The summed E-state index contributed by atoms with van der Waals surface area (Å²) in [6.07, 6.45) is 0.936. The number of sulfonamides is 1. The third-order valence-electron chi connectivity index (χ3n) is 4.55. The quantitative estimate of drug-likeness (QED) is 0.682. The van der Waals surface area contributed by atoms with E-state index in [9.17, 15) is 17.6 Å². The number of hydrogen-bond acceptors (Lipinski definition) is 6. The highest BCUT2D eigenvalue weighted by atomic mass is 32.2. The lowest BCUT2D eigenvalue weighted by atomic mass is 9.98. The maximum absolute atomic E-state index is 13.0. The van der Waals surface area contributed by atoms with E-state index in [2.05, 4.69) is 4.98 Å². The molecule has 27 heavy (non-hydrogen) atoms. The van der Waals surface area contributed by atoms with Crippen molar-refractivity contribution in [2.45, 2.75) is 26.4 Å². The van der Waals surface area contributed by atoms with Gasteiger partial charge in [0.2, 0.25) is 10.0 Å². The van der Waals surface area contributed by atoms with Crippen molar-refractivity contribution in [3.05, 3.63) is 41.2 Å². The van der Waals surface area contributed by atoms with E-state index in [4.69, 9.17) is 4.74 Å². The minimum atomic E-state index is -3.20. The summed E-state index contributed by atoms with van der Waals surface area (Å²) in [6.45, 7) is 2.39. The Labute approximate surface area is 162 Å². The Morgan fingerprint density at radius 3 is 2.59 bits per heavy atom. The van der Waals surface area contributed by atoms with Crippen LogP contribution < -0.4 is 0 Å². The number of rotatable bonds is 6. The van der Waals surface area contributed by atoms with E-state index in [1.54, 1.807) is 19.1 Å². The number of hydrogen-bond donors (Lipinski definition) is 0. The van der Waals surface area contributed by atoms with Gasteiger partial charge in [-0.15, -0.1) is 11.3 Å². The minimum Gasteiger partial charge on any atom is -0.459 e. The predicted molar refractivity (Wildman–Crippen MR) is 101 cm³/mol. The van der Waals surface area contributed by atoms with E-state index in [1.165, 1.54) is 27.8 Å². The summed E-state index contributed by atoms with van der Waals surface area (Å²) in [5.74, 6) is -0.840. The number of piperidine rings is 1. The van der Waals surface area contributed by atoms with Gasteiger partial charge in [0.1, 0.15) is 17.4 Å². The molecule has 0 aliphatic carbocycles. The average molecular weight is 413 g/mol. The monoisotopic (exact) mass is 412 g/mol. The van der Waals surface area contributed by atoms with E-state index < -0.39 is 10.0 Å². The Morgan fingerprint density at radius 1 is 1.30 bits per heavy atom. The van der Waals surface area contributed by atoms with Gasteiger partial charge in [0.05, 0.1) is 17.4 Å². The molecule has 0 unspecified atom stereocenters. The number of ether oxygens (including phenoxy) is 1. The summed E-state index contributed by atoms with van der Waals surface area (Å²) >= 11 is 1.40. The number of halogens is 1. The second kappa shape index (κ2) is 8.45. The Hall–Kier alpha value is -1.84. The molecule has 2 aromatic rings. The molecule has 9 heteroatoms. The third kappa shape index (κ3) is 4.91. The zero-order valence-corrected chi connectivity index (χ0v) is 16.6. The molecule has 0 atom stereocenters. The van der Waals surface area contributed by atoms with Crippen molar-refractivity contribution < 1.29 is 22.3 Å². The van der Waals surface area contributed by atoms with E-state index in [0.717, 1.165) is 10.6 Å². The van der Waals surface area contributed by atoms with Gasteiger partial charge in [-0.1, -0.05) is 0 Å². The van der Waals surface area contributed by atoms with Crippen molar-refractivity contribution in [1.29, 1.82) is 0 Å². The van der Waals surface area contributed by atoms with Crippen LogP contribution in [0.2, 0.25) is 0 Å². The topological polar surface area (TPSA) is 76.6 Å². The largest absolute Gasteiger partial charge is 0.459 e. The maximum Gasteiger partial charge on any atom is 0.309 e. The zero-order valence-electron chi connectivity index (χ0n) is 14.9. The molecule has 1 fully saturated rings. The number of nitrogens with zero attached hydrogens (tertiary/aromatic N) is 2. The van der Waals surface area contributed by atoms with Gasteiger partial charge in [-0.25, -0.2) is 22.1 Å². The van der Waals surface area contributed by atoms with Gasteiger partial charge in [0, 0.05) is 24.0 Å². The summed E-state index contributed by atoms with van der Waals surface area (Å²) in [5, 5.41) is 2.54. The molecule has 146 valence electrons. The number of carbonyl (C=O) groups is 1. The molecule has 1 aromatic heterocycles. The minimum absolute atomic E-state index is 0.0718. The highest BCUT2D eigenvalue weighted by Crippen LogP contribution is 2.25. The molecule has 1 saturated heterocycles. The van der Waals surface area contributed by atoms with Gasteiger partial charge < -0.3 is 4.74 Å². The number of esters is 1. The number of benzene rings is 1. The van der Waals surface area contributed by atoms with Crippen LogP contribution in [0.5, 0.6) is 0 Å². The van der Waals surface area contributed by atoms with Crippen molar-refractivity contribution in [1.82, 2.24) is 9.29 Å². The fourth-order valence-corrected chi connectivity index (χ4v) is 4.86. The lowest BCUT2D eigenvalue weighted by Crippen LogP contribution is -2.41. The van der Waals surface area contributed by atoms with Crippen molar-refractivity contribution in [2.75, 3.05) is 18.8 Å². The van der Waals surface area contributed by atoms with Crippen LogP contribution in [-0.4, -0.2) is 42.5 Å². The SMILES string of the molecule is CCS(=O)(=O)N1CCC(C(=O)OCc2csc(-c3ccc(F)cc3)n2)CC1. The van der Waals surface area contributed by atoms with E-state index in [1.807, 2.05) is 5.38 Å². The smallest absolute Gasteiger partial charge is 0.309 e. The lowest BCUT2D eigenvalue weighted by molar-refractivity contribution is -0.151. The summed E-state index contributed by atoms with van der Waals surface area (Å²) < 4.78 is 43.5. The first-order chi connectivity index (χ1) is 12.9. The van der Waals surface area contributed by atoms with Crippen LogP contribution >= 0.6 is 11.3 Å². The highest BCUT2D eigenvalue weighted by molar-refractivity contribution is 7.89. The zero-order chi connectivity index (χ0) is 19.4. The van der Waals surface area contributed by atoms with Crippen LogP contribution in [-0.2, 0) is 26.2 Å². The Kier molecular flexibility index (Phi) is 6.23. The summed E-state index contributed by atoms with van der Waals surface area (Å²) in [6, 6.07) is 6.06. The molecule has 1 aliphatic rings. The second-order valence-corrected chi connectivity index (χ2v) is 9.45. The number of carbonyl (C=O) groups excluding carboxylic acids is 1. The van der Waals surface area contributed by atoms with E-state index in [-0.39, 0.29) is 30.1 Å². The molecule has 1 aliphatic heterocycles. The molecule has 0 amide bonds. The van der Waals surface area contributed by atoms with E-state index >= 15 is 0 Å². The predicted octanol–water partition coefficient (Wildman–Crippen LogP) is 3.05. The van der Waals surface area contributed by atoms with E-state index in [0.29, 0.717) is 31.6 Å². The number of aromatic nitrogens is 1. The van der Waals surface area contributed by atoms with Crippen molar-refractivity contribution in [2.24, 2.45) is 5.92 Å². The molecule has 3 rings (SSSR count). The van der Waals surface area contributed by atoms with Crippen molar-refractivity contribution in [3.63, 3.8) is 0 Å². The van der Waals surface area contributed by atoms with Gasteiger partial charge >= 0.3 is 5.97 Å².